The quantitative estimate of drug-likeness (QED) is 0.875. The lowest BCUT2D eigenvalue weighted by Gasteiger charge is -2.33. The van der Waals surface area contributed by atoms with Crippen LogP contribution in [-0.4, -0.2) is 37.8 Å². The van der Waals surface area contributed by atoms with Crippen LogP contribution in [0.15, 0.2) is 12.3 Å². The third-order valence-electron chi connectivity index (χ3n) is 3.87. The molecule has 0 spiro atoms. The molecule has 1 aromatic heterocycles. The van der Waals surface area contributed by atoms with E-state index < -0.39 is 0 Å². The van der Waals surface area contributed by atoms with Crippen molar-refractivity contribution in [3.8, 4) is 0 Å². The van der Waals surface area contributed by atoms with E-state index in [2.05, 4.69) is 29.0 Å². The van der Waals surface area contributed by atoms with Crippen LogP contribution in [0.1, 0.15) is 32.3 Å². The van der Waals surface area contributed by atoms with Gasteiger partial charge in [-0.3, -0.25) is 0 Å². The summed E-state index contributed by atoms with van der Waals surface area (Å²) in [6.07, 6.45) is 3.90. The molecule has 1 N–H and O–H groups in total. The molecule has 0 amide bonds. The van der Waals surface area contributed by atoms with Gasteiger partial charge >= 0.3 is 0 Å². The standard InChI is InChI=1S/C16H26FN3O/c1-12(2)19-9-14-6-7-18-16(15(14)17)20-8-4-5-13(10-20)11-21-3/h6-7,12-13,19H,4-5,8-11H2,1-3H3. The molecule has 4 nitrogen and oxygen atoms in total. The van der Waals surface area contributed by atoms with Crippen LogP contribution in [0.4, 0.5) is 10.2 Å². The molecule has 1 fully saturated rings. The second kappa shape index (κ2) is 7.71. The summed E-state index contributed by atoms with van der Waals surface area (Å²) >= 11 is 0. The molecule has 0 aliphatic carbocycles. The average Bonchev–Trinajstić information content (AvgIpc) is 2.47. The van der Waals surface area contributed by atoms with Crippen LogP contribution >= 0.6 is 0 Å². The maximum Gasteiger partial charge on any atom is 0.170 e. The first-order chi connectivity index (χ1) is 10.1. The van der Waals surface area contributed by atoms with Gasteiger partial charge in [-0.05, 0) is 24.8 Å². The number of hydrogen-bond donors (Lipinski definition) is 1. The van der Waals surface area contributed by atoms with Crippen LogP contribution in [0.25, 0.3) is 0 Å². The molecule has 5 heteroatoms. The molecule has 1 aromatic rings. The number of nitrogens with one attached hydrogen (secondary N) is 1. The van der Waals surface area contributed by atoms with Crippen molar-refractivity contribution in [3.05, 3.63) is 23.6 Å². The number of piperidine rings is 1. The molecule has 0 bridgehead atoms. The highest BCUT2D eigenvalue weighted by atomic mass is 19.1. The number of halogens is 1. The SMILES string of the molecule is COCC1CCCN(c2nccc(CNC(C)C)c2F)C1. The zero-order chi connectivity index (χ0) is 15.2. The largest absolute Gasteiger partial charge is 0.384 e. The highest BCUT2D eigenvalue weighted by molar-refractivity contribution is 5.43. The lowest BCUT2D eigenvalue weighted by atomic mass is 9.99. The van der Waals surface area contributed by atoms with Crippen LogP contribution in [0.3, 0.4) is 0 Å². The van der Waals surface area contributed by atoms with Gasteiger partial charge in [-0.15, -0.1) is 0 Å². The third-order valence-corrected chi connectivity index (χ3v) is 3.87. The fraction of sp³-hybridized carbons (Fsp3) is 0.688. The first-order valence-corrected chi connectivity index (χ1v) is 7.72. The van der Waals surface area contributed by atoms with Crippen LogP contribution in [0.5, 0.6) is 0 Å². The Morgan fingerprint density at radius 2 is 2.33 bits per heavy atom. The second-order valence-corrected chi connectivity index (χ2v) is 6.05. The van der Waals surface area contributed by atoms with Crippen LogP contribution in [0, 0.1) is 11.7 Å². The third kappa shape index (κ3) is 4.38. The van der Waals surface area contributed by atoms with Crippen molar-refractivity contribution < 1.29 is 9.13 Å². The number of pyridine rings is 1. The molecule has 1 saturated heterocycles. The number of ether oxygens (including phenoxy) is 1. The maximum absolute atomic E-state index is 14.6. The van der Waals surface area contributed by atoms with Gasteiger partial charge in [-0.2, -0.15) is 0 Å². The van der Waals surface area contributed by atoms with Crippen LogP contribution in [-0.2, 0) is 11.3 Å². The fourth-order valence-corrected chi connectivity index (χ4v) is 2.77. The van der Waals surface area contributed by atoms with Gasteiger partial charge in [0.1, 0.15) is 0 Å². The van der Waals surface area contributed by atoms with E-state index in [4.69, 9.17) is 4.74 Å². The molecule has 21 heavy (non-hydrogen) atoms. The van der Waals surface area contributed by atoms with Crippen LogP contribution < -0.4 is 10.2 Å². The Labute approximate surface area is 126 Å². The Hall–Kier alpha value is -1.20. The summed E-state index contributed by atoms with van der Waals surface area (Å²) in [5, 5.41) is 3.26. The average molecular weight is 295 g/mol. The van der Waals surface area contributed by atoms with Crippen molar-refractivity contribution in [1.29, 1.82) is 0 Å². The lowest BCUT2D eigenvalue weighted by molar-refractivity contribution is 0.143. The molecule has 1 aliphatic rings. The van der Waals surface area contributed by atoms with E-state index in [-0.39, 0.29) is 5.82 Å². The van der Waals surface area contributed by atoms with E-state index in [9.17, 15) is 4.39 Å². The summed E-state index contributed by atoms with van der Waals surface area (Å²) in [5.74, 6) is 0.755. The first-order valence-electron chi connectivity index (χ1n) is 7.72. The number of aromatic nitrogens is 1. The second-order valence-electron chi connectivity index (χ2n) is 6.05. The maximum atomic E-state index is 14.6. The van der Waals surface area contributed by atoms with E-state index in [1.807, 2.05) is 0 Å². The lowest BCUT2D eigenvalue weighted by Crippen LogP contribution is -2.38. The van der Waals surface area contributed by atoms with Gasteiger partial charge in [0.2, 0.25) is 0 Å². The molecule has 1 aliphatic heterocycles. The summed E-state index contributed by atoms with van der Waals surface area (Å²) in [4.78, 5) is 6.32. The van der Waals surface area contributed by atoms with Gasteiger partial charge in [0.25, 0.3) is 0 Å². The molecular weight excluding hydrogens is 269 g/mol. The minimum absolute atomic E-state index is 0.191. The minimum atomic E-state index is -0.191. The van der Waals surface area contributed by atoms with E-state index in [0.717, 1.165) is 32.5 Å². The Kier molecular flexibility index (Phi) is 5.94. The van der Waals surface area contributed by atoms with Gasteiger partial charge in [0, 0.05) is 44.5 Å². The Bertz CT molecular complexity index is 451. The highest BCUT2D eigenvalue weighted by Crippen LogP contribution is 2.25. The zero-order valence-corrected chi connectivity index (χ0v) is 13.2. The Morgan fingerprint density at radius 1 is 1.52 bits per heavy atom. The zero-order valence-electron chi connectivity index (χ0n) is 13.2. The number of methoxy groups -OCH3 is 1. The molecule has 2 heterocycles. The number of hydrogen-bond acceptors (Lipinski definition) is 4. The van der Waals surface area contributed by atoms with Gasteiger partial charge in [0.15, 0.2) is 11.6 Å². The van der Waals surface area contributed by atoms with Crippen molar-refractivity contribution in [2.45, 2.75) is 39.3 Å². The van der Waals surface area contributed by atoms with Gasteiger partial charge in [-0.1, -0.05) is 13.8 Å². The minimum Gasteiger partial charge on any atom is -0.384 e. The van der Waals surface area contributed by atoms with Gasteiger partial charge in [-0.25, -0.2) is 9.37 Å². The predicted molar refractivity (Wildman–Crippen MR) is 83.0 cm³/mol. The monoisotopic (exact) mass is 295 g/mol. The fourth-order valence-electron chi connectivity index (χ4n) is 2.77. The molecule has 2 rings (SSSR count). The van der Waals surface area contributed by atoms with Crippen molar-refractivity contribution >= 4 is 5.82 Å². The molecular formula is C16H26FN3O. The summed E-state index contributed by atoms with van der Waals surface area (Å²) < 4.78 is 19.9. The van der Waals surface area contributed by atoms with E-state index in [1.165, 1.54) is 0 Å². The molecule has 1 unspecified atom stereocenters. The molecule has 1 atom stereocenters. The van der Waals surface area contributed by atoms with Crippen molar-refractivity contribution in [2.24, 2.45) is 5.92 Å². The van der Waals surface area contributed by atoms with Crippen molar-refractivity contribution in [1.82, 2.24) is 10.3 Å². The summed E-state index contributed by atoms with van der Waals surface area (Å²) in [6, 6.07) is 2.09. The molecule has 0 saturated carbocycles. The van der Waals surface area contributed by atoms with E-state index in [1.54, 1.807) is 19.4 Å². The molecule has 0 aromatic carbocycles. The van der Waals surface area contributed by atoms with Gasteiger partial charge < -0.3 is 15.0 Å². The molecule has 0 radical (unpaired) electrons. The summed E-state index contributed by atoms with van der Waals surface area (Å²) in [5.41, 5.74) is 0.683. The first kappa shape index (κ1) is 16.2. The molecule has 118 valence electrons. The van der Waals surface area contributed by atoms with Crippen molar-refractivity contribution in [2.75, 3.05) is 31.7 Å². The highest BCUT2D eigenvalue weighted by Gasteiger charge is 2.23. The summed E-state index contributed by atoms with van der Waals surface area (Å²) in [7, 11) is 1.72. The predicted octanol–water partition coefficient (Wildman–Crippen LogP) is 2.58. The van der Waals surface area contributed by atoms with Gasteiger partial charge in [0.05, 0.1) is 6.61 Å². The normalized spacial score (nSPS) is 19.3. The van der Waals surface area contributed by atoms with Crippen LogP contribution in [0.2, 0.25) is 0 Å². The van der Waals surface area contributed by atoms with E-state index in [0.29, 0.717) is 29.9 Å². The van der Waals surface area contributed by atoms with Crippen molar-refractivity contribution in [3.63, 3.8) is 0 Å². The Balaban J connectivity index is 2.10. The smallest absolute Gasteiger partial charge is 0.170 e. The topological polar surface area (TPSA) is 37.4 Å². The van der Waals surface area contributed by atoms with E-state index >= 15 is 0 Å². The Morgan fingerprint density at radius 3 is 3.05 bits per heavy atom. The number of anilines is 1. The summed E-state index contributed by atoms with van der Waals surface area (Å²) in [6.45, 7) is 7.06. The number of nitrogens with zero attached hydrogens (tertiary/aromatic N) is 2. The number of rotatable bonds is 6.